The lowest BCUT2D eigenvalue weighted by Gasteiger charge is -1.92. The number of aliphatic hydroxyl groups is 2. The first kappa shape index (κ1) is 20.7. The van der Waals surface area contributed by atoms with Gasteiger partial charge in [-0.15, -0.1) is 0 Å². The molecule has 0 aliphatic carbocycles. The fourth-order valence-corrected chi connectivity index (χ4v) is 1.67. The van der Waals surface area contributed by atoms with E-state index in [1.54, 1.807) is 48.5 Å². The second kappa shape index (κ2) is 11.3. The van der Waals surface area contributed by atoms with Crippen LogP contribution in [0.25, 0.3) is 0 Å². The third-order valence-corrected chi connectivity index (χ3v) is 3.03. The van der Waals surface area contributed by atoms with Crippen LogP contribution in [0.5, 0.6) is 0 Å². The zero-order chi connectivity index (χ0) is 17.7. The van der Waals surface area contributed by atoms with E-state index >= 15 is 0 Å². The van der Waals surface area contributed by atoms with Gasteiger partial charge in [-0.25, -0.2) is 4.79 Å². The molecule has 7 nitrogen and oxygen atoms in total. The van der Waals surface area contributed by atoms with Gasteiger partial charge in [-0.3, -0.25) is 4.55 Å². The van der Waals surface area contributed by atoms with E-state index in [1.807, 2.05) is 0 Å². The van der Waals surface area contributed by atoms with Crippen LogP contribution < -0.4 is 0 Å². The van der Waals surface area contributed by atoms with E-state index in [2.05, 4.69) is 0 Å². The van der Waals surface area contributed by atoms with Gasteiger partial charge in [0.05, 0.1) is 23.7 Å². The molecule has 0 heterocycles. The molecular formula is C15H18O7S. The van der Waals surface area contributed by atoms with Crippen LogP contribution >= 0.6 is 0 Å². The van der Waals surface area contributed by atoms with E-state index < -0.39 is 16.1 Å². The highest BCUT2D eigenvalue weighted by molar-refractivity contribution is 7.85. The highest BCUT2D eigenvalue weighted by atomic mass is 32.2. The van der Waals surface area contributed by atoms with Crippen LogP contribution in [0.1, 0.15) is 10.4 Å². The third-order valence-electron chi connectivity index (χ3n) is 2.16. The summed E-state index contributed by atoms with van der Waals surface area (Å²) < 4.78 is 29.2. The summed E-state index contributed by atoms with van der Waals surface area (Å²) >= 11 is 0. The Morgan fingerprint density at radius 1 is 0.826 bits per heavy atom. The summed E-state index contributed by atoms with van der Waals surface area (Å²) in [4.78, 5) is 10.1. The first-order chi connectivity index (χ1) is 10.8. The maximum atomic E-state index is 10.4. The summed E-state index contributed by atoms with van der Waals surface area (Å²) in [6.45, 7) is -0.250. The molecule has 0 saturated heterocycles. The molecule has 0 aliphatic rings. The Morgan fingerprint density at radius 2 is 1.22 bits per heavy atom. The molecule has 0 aliphatic heterocycles. The summed E-state index contributed by atoms with van der Waals surface area (Å²) in [7, 11) is -4.00. The van der Waals surface area contributed by atoms with E-state index in [9.17, 15) is 13.2 Å². The second-order valence-electron chi connectivity index (χ2n) is 3.91. The molecule has 0 amide bonds. The first-order valence-corrected chi connectivity index (χ1v) is 7.79. The largest absolute Gasteiger partial charge is 0.478 e. The minimum atomic E-state index is -4.00. The fourth-order valence-electron chi connectivity index (χ4n) is 1.17. The SMILES string of the molecule is O=C(O)c1ccccc1.O=S(=O)(O)c1ccccc1.OCCO. The normalized spacial score (nSPS) is 9.70. The lowest BCUT2D eigenvalue weighted by Crippen LogP contribution is -1.96. The first-order valence-electron chi connectivity index (χ1n) is 6.35. The summed E-state index contributed by atoms with van der Waals surface area (Å²) in [6.07, 6.45) is 0. The van der Waals surface area contributed by atoms with E-state index in [1.165, 1.54) is 12.1 Å². The number of carboxylic acid groups (broad SMARTS) is 1. The lowest BCUT2D eigenvalue weighted by atomic mass is 10.2. The van der Waals surface area contributed by atoms with Crippen molar-refractivity contribution in [3.05, 3.63) is 66.2 Å². The smallest absolute Gasteiger partial charge is 0.335 e. The van der Waals surface area contributed by atoms with Crippen molar-refractivity contribution in [2.45, 2.75) is 4.90 Å². The van der Waals surface area contributed by atoms with Gasteiger partial charge in [0.2, 0.25) is 0 Å². The van der Waals surface area contributed by atoms with Crippen molar-refractivity contribution in [1.82, 2.24) is 0 Å². The van der Waals surface area contributed by atoms with Gasteiger partial charge in [0.1, 0.15) is 0 Å². The van der Waals surface area contributed by atoms with Gasteiger partial charge in [0.15, 0.2) is 0 Å². The van der Waals surface area contributed by atoms with Crippen molar-refractivity contribution in [1.29, 1.82) is 0 Å². The van der Waals surface area contributed by atoms with Crippen molar-refractivity contribution in [3.8, 4) is 0 Å². The molecule has 2 rings (SSSR count). The molecule has 0 aromatic heterocycles. The average Bonchev–Trinajstić information content (AvgIpc) is 2.56. The number of aromatic carboxylic acids is 1. The standard InChI is InChI=1S/C7H6O2.C6H6O3S.C2H6O2/c8-7(9)6-4-2-1-3-5-6;7-10(8,9)6-4-2-1-3-5-6;3-1-2-4/h1-5H,(H,8,9);1-5H,(H,7,8,9);3-4H,1-2H2. The van der Waals surface area contributed by atoms with Crippen LogP contribution in [0.2, 0.25) is 0 Å². The zero-order valence-electron chi connectivity index (χ0n) is 12.1. The number of rotatable bonds is 3. The molecule has 8 heteroatoms. The molecule has 126 valence electrons. The summed E-state index contributed by atoms with van der Waals surface area (Å²) in [5.41, 5.74) is 0.331. The monoisotopic (exact) mass is 342 g/mol. The van der Waals surface area contributed by atoms with Gasteiger partial charge < -0.3 is 15.3 Å². The van der Waals surface area contributed by atoms with Gasteiger partial charge in [-0.1, -0.05) is 36.4 Å². The van der Waals surface area contributed by atoms with Gasteiger partial charge in [0.25, 0.3) is 10.1 Å². The number of carbonyl (C=O) groups is 1. The van der Waals surface area contributed by atoms with E-state index in [0.717, 1.165) is 0 Å². The highest BCUT2D eigenvalue weighted by Crippen LogP contribution is 2.05. The van der Waals surface area contributed by atoms with Gasteiger partial charge in [-0.05, 0) is 24.3 Å². The summed E-state index contributed by atoms with van der Waals surface area (Å²) in [5, 5.41) is 23.6. The fraction of sp³-hybridized carbons (Fsp3) is 0.133. The van der Waals surface area contributed by atoms with Crippen molar-refractivity contribution >= 4 is 16.1 Å². The number of benzene rings is 2. The average molecular weight is 342 g/mol. The van der Waals surface area contributed by atoms with E-state index in [-0.39, 0.29) is 18.1 Å². The molecule has 0 radical (unpaired) electrons. The Balaban J connectivity index is 0.000000345. The minimum absolute atomic E-state index is 0.0741. The molecule has 2 aromatic carbocycles. The lowest BCUT2D eigenvalue weighted by molar-refractivity contribution is 0.0697. The van der Waals surface area contributed by atoms with E-state index in [0.29, 0.717) is 5.56 Å². The molecule has 2 aromatic rings. The Labute approximate surface area is 134 Å². The third kappa shape index (κ3) is 10.1. The van der Waals surface area contributed by atoms with E-state index in [4.69, 9.17) is 19.9 Å². The maximum Gasteiger partial charge on any atom is 0.335 e. The van der Waals surface area contributed by atoms with Crippen LogP contribution in [0, 0.1) is 0 Å². The second-order valence-corrected chi connectivity index (χ2v) is 5.33. The Kier molecular flexibility index (Phi) is 10.2. The molecule has 0 bridgehead atoms. The van der Waals surface area contributed by atoms with Gasteiger partial charge in [-0.2, -0.15) is 8.42 Å². The van der Waals surface area contributed by atoms with Gasteiger partial charge in [0, 0.05) is 0 Å². The number of aliphatic hydroxyl groups excluding tert-OH is 2. The van der Waals surface area contributed by atoms with Crippen molar-refractivity contribution < 1.29 is 33.1 Å². The predicted molar refractivity (Wildman–Crippen MR) is 83.8 cm³/mol. The minimum Gasteiger partial charge on any atom is -0.478 e. The molecule has 23 heavy (non-hydrogen) atoms. The topological polar surface area (TPSA) is 132 Å². The molecule has 4 N–H and O–H groups in total. The Morgan fingerprint density at radius 3 is 1.43 bits per heavy atom. The van der Waals surface area contributed by atoms with Crippen molar-refractivity contribution in [2.75, 3.05) is 13.2 Å². The summed E-state index contributed by atoms with van der Waals surface area (Å²) in [5.74, 6) is -0.879. The Hall–Kier alpha value is -2.26. The van der Waals surface area contributed by atoms with Crippen LogP contribution in [0.15, 0.2) is 65.6 Å². The van der Waals surface area contributed by atoms with Crippen LogP contribution in [0.3, 0.4) is 0 Å². The molecular weight excluding hydrogens is 324 g/mol. The van der Waals surface area contributed by atoms with Crippen LogP contribution in [0.4, 0.5) is 0 Å². The van der Waals surface area contributed by atoms with Gasteiger partial charge >= 0.3 is 5.97 Å². The maximum absolute atomic E-state index is 10.4. The van der Waals surface area contributed by atoms with Crippen LogP contribution in [-0.2, 0) is 10.1 Å². The number of hydrogen-bond donors (Lipinski definition) is 4. The molecule has 0 fully saturated rings. The van der Waals surface area contributed by atoms with Crippen LogP contribution in [-0.4, -0.2) is 47.5 Å². The molecule has 0 unspecified atom stereocenters. The molecule has 0 saturated carbocycles. The number of hydrogen-bond acceptors (Lipinski definition) is 5. The highest BCUT2D eigenvalue weighted by Gasteiger charge is 2.05. The van der Waals surface area contributed by atoms with Crippen molar-refractivity contribution in [3.63, 3.8) is 0 Å². The van der Waals surface area contributed by atoms with Crippen molar-refractivity contribution in [2.24, 2.45) is 0 Å². The number of carboxylic acids is 1. The predicted octanol–water partition coefficient (Wildman–Crippen LogP) is 1.29. The molecule has 0 atom stereocenters. The zero-order valence-corrected chi connectivity index (χ0v) is 12.9. The molecule has 0 spiro atoms. The summed E-state index contributed by atoms with van der Waals surface area (Å²) in [6, 6.07) is 15.7. The quantitative estimate of drug-likeness (QED) is 0.618. The Bertz CT molecular complexity index is 653.